The lowest BCUT2D eigenvalue weighted by molar-refractivity contribution is -0.137. The molecule has 0 saturated carbocycles. The number of carbonyl (C=O) groups is 1. The highest BCUT2D eigenvalue weighted by Gasteiger charge is 2.23. The summed E-state index contributed by atoms with van der Waals surface area (Å²) < 4.78 is 25.5. The van der Waals surface area contributed by atoms with Crippen LogP contribution < -0.4 is 0 Å². The topological polar surface area (TPSA) is 74.7 Å². The van der Waals surface area contributed by atoms with Crippen LogP contribution in [-0.4, -0.2) is 36.9 Å². The second-order valence-electron chi connectivity index (χ2n) is 3.60. The van der Waals surface area contributed by atoms with Gasteiger partial charge in [0.1, 0.15) is 0 Å². The van der Waals surface area contributed by atoms with E-state index in [1.165, 1.54) is 12.1 Å². The van der Waals surface area contributed by atoms with Crippen molar-refractivity contribution in [2.75, 3.05) is 13.1 Å². The molecule has 0 radical (unpaired) electrons. The van der Waals surface area contributed by atoms with Crippen LogP contribution in [0.1, 0.15) is 13.3 Å². The first-order valence-corrected chi connectivity index (χ1v) is 7.17. The van der Waals surface area contributed by atoms with E-state index >= 15 is 0 Å². The van der Waals surface area contributed by atoms with E-state index in [-0.39, 0.29) is 24.4 Å². The second-order valence-corrected chi connectivity index (χ2v) is 5.97. The van der Waals surface area contributed by atoms with E-state index in [9.17, 15) is 13.2 Å². The molecular weight excluding hydrogens is 278 g/mol. The molecule has 18 heavy (non-hydrogen) atoms. The summed E-state index contributed by atoms with van der Waals surface area (Å²) in [6.07, 6.45) is -0.229. The highest BCUT2D eigenvalue weighted by molar-refractivity contribution is 7.89. The predicted molar refractivity (Wildman–Crippen MR) is 68.1 cm³/mol. The molecule has 100 valence electrons. The Balaban J connectivity index is 2.99. The first-order valence-electron chi connectivity index (χ1n) is 5.35. The van der Waals surface area contributed by atoms with Gasteiger partial charge in [-0.3, -0.25) is 4.79 Å². The van der Waals surface area contributed by atoms with Gasteiger partial charge in [-0.25, -0.2) is 8.42 Å². The summed E-state index contributed by atoms with van der Waals surface area (Å²) in [7, 11) is -3.68. The van der Waals surface area contributed by atoms with E-state index < -0.39 is 16.0 Å². The van der Waals surface area contributed by atoms with E-state index in [1.54, 1.807) is 19.1 Å². The van der Waals surface area contributed by atoms with Crippen molar-refractivity contribution in [1.82, 2.24) is 4.31 Å². The van der Waals surface area contributed by atoms with Gasteiger partial charge in [0.15, 0.2) is 0 Å². The third kappa shape index (κ3) is 3.69. The quantitative estimate of drug-likeness (QED) is 0.867. The minimum atomic E-state index is -3.68. The van der Waals surface area contributed by atoms with E-state index in [1.807, 2.05) is 0 Å². The molecule has 0 aromatic heterocycles. The third-order valence-corrected chi connectivity index (χ3v) is 4.57. The molecule has 1 aromatic carbocycles. The zero-order valence-corrected chi connectivity index (χ0v) is 11.4. The number of halogens is 1. The predicted octanol–water partition coefficient (Wildman–Crippen LogP) is 1.83. The molecule has 0 atom stereocenters. The van der Waals surface area contributed by atoms with Gasteiger partial charge in [0.2, 0.25) is 10.0 Å². The maximum atomic E-state index is 12.2. The SMILES string of the molecule is CCN(CCC(=O)O)S(=O)(=O)c1cccc(Cl)c1. The fraction of sp³-hybridized carbons (Fsp3) is 0.364. The Morgan fingerprint density at radius 3 is 2.61 bits per heavy atom. The molecule has 0 amide bonds. The molecule has 1 rings (SSSR count). The molecule has 0 aliphatic heterocycles. The molecule has 0 unspecified atom stereocenters. The van der Waals surface area contributed by atoms with Crippen molar-refractivity contribution < 1.29 is 18.3 Å². The van der Waals surface area contributed by atoms with Crippen LogP contribution in [0.3, 0.4) is 0 Å². The number of hydrogen-bond donors (Lipinski definition) is 1. The lowest BCUT2D eigenvalue weighted by Crippen LogP contribution is -2.32. The Labute approximate surface area is 111 Å². The summed E-state index contributed by atoms with van der Waals surface area (Å²) in [5.74, 6) is -1.03. The van der Waals surface area contributed by atoms with Gasteiger partial charge >= 0.3 is 5.97 Å². The van der Waals surface area contributed by atoms with Gasteiger partial charge in [-0.05, 0) is 18.2 Å². The standard InChI is InChI=1S/C11H14ClNO4S/c1-2-13(7-6-11(14)15)18(16,17)10-5-3-4-9(12)8-10/h3-5,8H,2,6-7H2,1H3,(H,14,15). The Bertz CT molecular complexity index is 530. The van der Waals surface area contributed by atoms with Crippen molar-refractivity contribution in [3.8, 4) is 0 Å². The summed E-state index contributed by atoms with van der Waals surface area (Å²) in [6, 6.07) is 5.90. The molecule has 0 heterocycles. The van der Waals surface area contributed by atoms with Gasteiger partial charge in [0.05, 0.1) is 11.3 Å². The van der Waals surface area contributed by atoms with Crippen LogP contribution in [0.4, 0.5) is 0 Å². The maximum Gasteiger partial charge on any atom is 0.304 e. The summed E-state index contributed by atoms with van der Waals surface area (Å²) in [5.41, 5.74) is 0. The van der Waals surface area contributed by atoms with Gasteiger partial charge in [0.25, 0.3) is 0 Å². The zero-order valence-electron chi connectivity index (χ0n) is 9.84. The largest absolute Gasteiger partial charge is 0.481 e. The molecule has 0 aliphatic rings. The molecule has 5 nitrogen and oxygen atoms in total. The van der Waals surface area contributed by atoms with Crippen molar-refractivity contribution in [3.63, 3.8) is 0 Å². The Kier molecular flexibility index (Phi) is 5.13. The first-order chi connectivity index (χ1) is 8.37. The third-order valence-electron chi connectivity index (χ3n) is 2.36. The van der Waals surface area contributed by atoms with Crippen LogP contribution in [-0.2, 0) is 14.8 Å². The average molecular weight is 292 g/mol. The monoisotopic (exact) mass is 291 g/mol. The van der Waals surface area contributed by atoms with Crippen molar-refractivity contribution in [2.45, 2.75) is 18.2 Å². The van der Waals surface area contributed by atoms with Crippen molar-refractivity contribution in [2.24, 2.45) is 0 Å². The number of rotatable bonds is 6. The number of hydrogen-bond acceptors (Lipinski definition) is 3. The molecule has 0 spiro atoms. The molecule has 0 aliphatic carbocycles. The molecule has 0 saturated heterocycles. The molecule has 7 heteroatoms. The average Bonchev–Trinajstić information content (AvgIpc) is 2.29. The van der Waals surface area contributed by atoms with Crippen LogP contribution in [0, 0.1) is 0 Å². The van der Waals surface area contributed by atoms with Crippen LogP contribution in [0.2, 0.25) is 5.02 Å². The molecule has 0 bridgehead atoms. The lowest BCUT2D eigenvalue weighted by atomic mass is 10.4. The van der Waals surface area contributed by atoms with E-state index in [0.29, 0.717) is 5.02 Å². The maximum absolute atomic E-state index is 12.2. The minimum Gasteiger partial charge on any atom is -0.481 e. The number of aliphatic carboxylic acids is 1. The number of nitrogens with zero attached hydrogens (tertiary/aromatic N) is 1. The van der Waals surface area contributed by atoms with Crippen molar-refractivity contribution in [3.05, 3.63) is 29.3 Å². The number of sulfonamides is 1. The van der Waals surface area contributed by atoms with Gasteiger partial charge in [-0.1, -0.05) is 24.6 Å². The molecule has 1 N–H and O–H groups in total. The highest BCUT2D eigenvalue weighted by Crippen LogP contribution is 2.19. The molecule has 0 fully saturated rings. The Hall–Kier alpha value is -1.11. The highest BCUT2D eigenvalue weighted by atomic mass is 35.5. The van der Waals surface area contributed by atoms with Crippen LogP contribution in [0.5, 0.6) is 0 Å². The van der Waals surface area contributed by atoms with E-state index in [2.05, 4.69) is 0 Å². The smallest absolute Gasteiger partial charge is 0.304 e. The summed E-state index contributed by atoms with van der Waals surface area (Å²) in [5, 5.41) is 8.92. The van der Waals surface area contributed by atoms with Gasteiger partial charge in [0, 0.05) is 18.1 Å². The van der Waals surface area contributed by atoms with Crippen LogP contribution in [0.25, 0.3) is 0 Å². The van der Waals surface area contributed by atoms with Crippen molar-refractivity contribution in [1.29, 1.82) is 0 Å². The fourth-order valence-electron chi connectivity index (χ4n) is 1.45. The lowest BCUT2D eigenvalue weighted by Gasteiger charge is -2.19. The number of carboxylic acid groups (broad SMARTS) is 1. The van der Waals surface area contributed by atoms with Gasteiger partial charge in [-0.15, -0.1) is 0 Å². The molecule has 1 aromatic rings. The van der Waals surface area contributed by atoms with Crippen molar-refractivity contribution >= 4 is 27.6 Å². The zero-order chi connectivity index (χ0) is 13.8. The van der Waals surface area contributed by atoms with Crippen LogP contribution >= 0.6 is 11.6 Å². The number of benzene rings is 1. The van der Waals surface area contributed by atoms with Gasteiger partial charge < -0.3 is 5.11 Å². The van der Waals surface area contributed by atoms with Gasteiger partial charge in [-0.2, -0.15) is 4.31 Å². The second kappa shape index (κ2) is 6.17. The summed E-state index contributed by atoms with van der Waals surface area (Å²) in [6.45, 7) is 1.81. The number of carboxylic acids is 1. The minimum absolute atomic E-state index is 0.0549. The summed E-state index contributed by atoms with van der Waals surface area (Å²) >= 11 is 5.75. The normalized spacial score (nSPS) is 11.7. The first kappa shape index (κ1) is 14.9. The fourth-order valence-corrected chi connectivity index (χ4v) is 3.20. The molecular formula is C11H14ClNO4S. The van der Waals surface area contributed by atoms with E-state index in [4.69, 9.17) is 16.7 Å². The Morgan fingerprint density at radius 1 is 1.44 bits per heavy atom. The Morgan fingerprint density at radius 2 is 2.11 bits per heavy atom. The summed E-state index contributed by atoms with van der Waals surface area (Å²) in [4.78, 5) is 10.6. The van der Waals surface area contributed by atoms with E-state index in [0.717, 1.165) is 4.31 Å². The van der Waals surface area contributed by atoms with Crippen LogP contribution in [0.15, 0.2) is 29.2 Å².